The van der Waals surface area contributed by atoms with Crippen LogP contribution in [0.25, 0.3) is 0 Å². The number of imide groups is 1. The number of carbonyl (C=O) groups is 2. The largest absolute Gasteiger partial charge is 0.496 e. The van der Waals surface area contributed by atoms with E-state index < -0.39 is 5.92 Å². The highest BCUT2D eigenvalue weighted by atomic mass is 16.5. The zero-order chi connectivity index (χ0) is 19.8. The maximum atomic E-state index is 13.4. The van der Waals surface area contributed by atoms with Gasteiger partial charge < -0.3 is 10.1 Å². The molecule has 2 aromatic rings. The fourth-order valence-corrected chi connectivity index (χ4v) is 4.68. The standard InChI is InChI=1S/C23H26N2O3/c1-14(2)13-17-19-20(21(24-17)16-11-7-8-12-18(16)28-3)23(27)25(22(19)26)15-9-5-4-6-10-15/h4-12,14,17,19-21,24H,13H2,1-3H3. The van der Waals surface area contributed by atoms with Gasteiger partial charge in [-0.15, -0.1) is 0 Å². The lowest BCUT2D eigenvalue weighted by Crippen LogP contribution is -2.40. The quantitative estimate of drug-likeness (QED) is 0.809. The molecule has 4 rings (SSSR count). The number of hydrogen-bond donors (Lipinski definition) is 1. The second-order valence-electron chi connectivity index (χ2n) is 8.02. The number of nitrogens with zero attached hydrogens (tertiary/aromatic N) is 1. The SMILES string of the molecule is COc1ccccc1C1NC(CC(C)C)C2C(=O)N(c3ccccc3)C(=O)C12. The summed E-state index contributed by atoms with van der Waals surface area (Å²) in [5, 5.41) is 3.60. The number of carbonyl (C=O) groups excluding carboxylic acids is 2. The molecule has 0 spiro atoms. The molecule has 0 bridgehead atoms. The number of fused-ring (bicyclic) bond motifs is 1. The summed E-state index contributed by atoms with van der Waals surface area (Å²) in [5.41, 5.74) is 1.58. The van der Waals surface area contributed by atoms with E-state index in [-0.39, 0.29) is 29.8 Å². The van der Waals surface area contributed by atoms with E-state index in [9.17, 15) is 9.59 Å². The topological polar surface area (TPSA) is 58.6 Å². The van der Waals surface area contributed by atoms with E-state index in [4.69, 9.17) is 4.74 Å². The van der Waals surface area contributed by atoms with Crippen molar-refractivity contribution in [2.24, 2.45) is 17.8 Å². The number of para-hydroxylation sites is 2. The molecule has 2 aromatic carbocycles. The number of benzene rings is 2. The van der Waals surface area contributed by atoms with Gasteiger partial charge in [0.15, 0.2) is 0 Å². The van der Waals surface area contributed by atoms with Crippen molar-refractivity contribution in [1.82, 2.24) is 5.32 Å². The second kappa shape index (κ2) is 7.40. The Hall–Kier alpha value is -2.66. The minimum Gasteiger partial charge on any atom is -0.496 e. The molecule has 2 aliphatic rings. The van der Waals surface area contributed by atoms with Crippen molar-refractivity contribution in [3.8, 4) is 5.75 Å². The van der Waals surface area contributed by atoms with Crippen molar-refractivity contribution in [3.05, 3.63) is 60.2 Å². The normalized spacial score (nSPS) is 26.8. The zero-order valence-electron chi connectivity index (χ0n) is 16.5. The Balaban J connectivity index is 1.77. The molecular weight excluding hydrogens is 352 g/mol. The number of rotatable bonds is 5. The third-order valence-corrected chi connectivity index (χ3v) is 5.80. The van der Waals surface area contributed by atoms with Gasteiger partial charge in [0.25, 0.3) is 0 Å². The van der Waals surface area contributed by atoms with Gasteiger partial charge in [-0.05, 0) is 30.5 Å². The molecule has 0 saturated carbocycles. The predicted octanol–water partition coefficient (Wildman–Crippen LogP) is 3.56. The Morgan fingerprint density at radius 3 is 2.29 bits per heavy atom. The van der Waals surface area contributed by atoms with E-state index in [0.717, 1.165) is 17.7 Å². The first-order valence-electron chi connectivity index (χ1n) is 9.84. The lowest BCUT2D eigenvalue weighted by Gasteiger charge is -2.24. The maximum Gasteiger partial charge on any atom is 0.239 e. The summed E-state index contributed by atoms with van der Waals surface area (Å²) in [5.74, 6) is 0.149. The minimum atomic E-state index is -0.423. The highest BCUT2D eigenvalue weighted by molar-refractivity contribution is 6.22. The van der Waals surface area contributed by atoms with Gasteiger partial charge in [-0.2, -0.15) is 0 Å². The molecule has 0 aromatic heterocycles. The molecule has 1 N–H and O–H groups in total. The first-order chi connectivity index (χ1) is 13.5. The summed E-state index contributed by atoms with van der Waals surface area (Å²) in [6.07, 6.45) is 0.842. The third kappa shape index (κ3) is 3.00. The van der Waals surface area contributed by atoms with Crippen LogP contribution in [0, 0.1) is 17.8 Å². The molecule has 2 amide bonds. The van der Waals surface area contributed by atoms with Gasteiger partial charge in [-0.25, -0.2) is 4.90 Å². The van der Waals surface area contributed by atoms with Crippen LogP contribution in [-0.4, -0.2) is 25.0 Å². The zero-order valence-corrected chi connectivity index (χ0v) is 16.5. The smallest absolute Gasteiger partial charge is 0.239 e. The molecule has 2 saturated heterocycles. The molecule has 2 aliphatic heterocycles. The van der Waals surface area contributed by atoms with Crippen molar-refractivity contribution in [2.45, 2.75) is 32.4 Å². The lowest BCUT2D eigenvalue weighted by molar-refractivity contribution is -0.123. The van der Waals surface area contributed by atoms with Crippen LogP contribution >= 0.6 is 0 Å². The molecule has 4 atom stereocenters. The Kier molecular flexibility index (Phi) is 4.94. The molecule has 2 fully saturated rings. The molecule has 5 nitrogen and oxygen atoms in total. The van der Waals surface area contributed by atoms with Gasteiger partial charge >= 0.3 is 0 Å². The van der Waals surface area contributed by atoms with Gasteiger partial charge in [-0.3, -0.25) is 9.59 Å². The summed E-state index contributed by atoms with van der Waals surface area (Å²) < 4.78 is 5.55. The lowest BCUT2D eigenvalue weighted by atomic mass is 9.84. The predicted molar refractivity (Wildman–Crippen MR) is 108 cm³/mol. The molecule has 146 valence electrons. The number of nitrogens with one attached hydrogen (secondary N) is 1. The molecule has 0 aliphatic carbocycles. The Morgan fingerprint density at radius 2 is 1.61 bits per heavy atom. The molecule has 4 unspecified atom stereocenters. The van der Waals surface area contributed by atoms with Gasteiger partial charge in [-0.1, -0.05) is 50.2 Å². The van der Waals surface area contributed by atoms with Crippen LogP contribution in [0.2, 0.25) is 0 Å². The van der Waals surface area contributed by atoms with Crippen LogP contribution in [0.4, 0.5) is 5.69 Å². The Labute approximate surface area is 165 Å². The third-order valence-electron chi connectivity index (χ3n) is 5.80. The van der Waals surface area contributed by atoms with E-state index in [1.165, 1.54) is 4.90 Å². The Bertz CT molecular complexity index is 880. The van der Waals surface area contributed by atoms with Gasteiger partial charge in [0, 0.05) is 17.6 Å². The van der Waals surface area contributed by atoms with Crippen LogP contribution in [0.1, 0.15) is 31.9 Å². The summed E-state index contributed by atoms with van der Waals surface area (Å²) in [7, 11) is 1.63. The number of anilines is 1. The fourth-order valence-electron chi connectivity index (χ4n) is 4.68. The molecular formula is C23H26N2O3. The van der Waals surface area contributed by atoms with E-state index in [0.29, 0.717) is 11.6 Å². The molecule has 5 heteroatoms. The maximum absolute atomic E-state index is 13.4. The van der Waals surface area contributed by atoms with Crippen LogP contribution in [0.5, 0.6) is 5.75 Å². The molecule has 2 heterocycles. The highest BCUT2D eigenvalue weighted by Crippen LogP contribution is 2.48. The highest BCUT2D eigenvalue weighted by Gasteiger charge is 2.59. The molecule has 0 radical (unpaired) electrons. The van der Waals surface area contributed by atoms with Crippen molar-refractivity contribution >= 4 is 17.5 Å². The average Bonchev–Trinajstić information content (AvgIpc) is 3.18. The second-order valence-corrected chi connectivity index (χ2v) is 8.02. The van der Waals surface area contributed by atoms with Crippen LogP contribution in [-0.2, 0) is 9.59 Å². The van der Waals surface area contributed by atoms with Crippen molar-refractivity contribution in [3.63, 3.8) is 0 Å². The first-order valence-corrected chi connectivity index (χ1v) is 9.84. The van der Waals surface area contributed by atoms with E-state index >= 15 is 0 Å². The van der Waals surface area contributed by atoms with E-state index in [2.05, 4.69) is 19.2 Å². The fraction of sp³-hybridized carbons (Fsp3) is 0.391. The van der Waals surface area contributed by atoms with Crippen molar-refractivity contribution in [1.29, 1.82) is 0 Å². The first kappa shape index (κ1) is 18.7. The van der Waals surface area contributed by atoms with Crippen LogP contribution in [0.3, 0.4) is 0 Å². The van der Waals surface area contributed by atoms with Crippen molar-refractivity contribution < 1.29 is 14.3 Å². The molecule has 28 heavy (non-hydrogen) atoms. The number of methoxy groups -OCH3 is 1. The van der Waals surface area contributed by atoms with Crippen LogP contribution < -0.4 is 15.0 Å². The van der Waals surface area contributed by atoms with Crippen LogP contribution in [0.15, 0.2) is 54.6 Å². The van der Waals surface area contributed by atoms with Gasteiger partial charge in [0.1, 0.15) is 5.75 Å². The summed E-state index contributed by atoms with van der Waals surface area (Å²) in [6, 6.07) is 16.7. The average molecular weight is 378 g/mol. The number of amides is 2. The number of ether oxygens (including phenoxy) is 1. The summed E-state index contributed by atoms with van der Waals surface area (Å²) in [6.45, 7) is 4.28. The summed E-state index contributed by atoms with van der Waals surface area (Å²) in [4.78, 5) is 28.2. The minimum absolute atomic E-state index is 0.0370. The van der Waals surface area contributed by atoms with Gasteiger partial charge in [0.05, 0.1) is 24.6 Å². The van der Waals surface area contributed by atoms with E-state index in [1.807, 2.05) is 54.6 Å². The van der Waals surface area contributed by atoms with E-state index in [1.54, 1.807) is 7.11 Å². The monoisotopic (exact) mass is 378 g/mol. The number of hydrogen-bond acceptors (Lipinski definition) is 4. The summed E-state index contributed by atoms with van der Waals surface area (Å²) >= 11 is 0. The Morgan fingerprint density at radius 1 is 0.964 bits per heavy atom. The van der Waals surface area contributed by atoms with Crippen molar-refractivity contribution in [2.75, 3.05) is 12.0 Å². The van der Waals surface area contributed by atoms with Gasteiger partial charge in [0.2, 0.25) is 11.8 Å².